The Balaban J connectivity index is 1.43. The van der Waals surface area contributed by atoms with E-state index in [0.29, 0.717) is 0 Å². The van der Waals surface area contributed by atoms with Crippen LogP contribution in [0, 0.1) is 0 Å². The first-order valence-electron chi connectivity index (χ1n) is 8.74. The third kappa shape index (κ3) is 4.22. The first-order valence-corrected chi connectivity index (χ1v) is 8.74. The molecule has 0 aliphatic heterocycles. The number of aryl methyl sites for hydroxylation is 2. The maximum atomic E-state index is 12.5. The van der Waals surface area contributed by atoms with Crippen molar-refractivity contribution >= 4 is 5.91 Å². The molecule has 1 N–H and O–H groups in total. The van der Waals surface area contributed by atoms with Crippen LogP contribution in [0.2, 0.25) is 0 Å². The Labute approximate surface area is 138 Å². The fraction of sp³-hybridized carbons (Fsp3) is 0.381. The zero-order valence-corrected chi connectivity index (χ0v) is 13.6. The smallest absolute Gasteiger partial charge is 0.227 e. The van der Waals surface area contributed by atoms with Crippen molar-refractivity contribution in [2.45, 2.75) is 44.4 Å². The van der Waals surface area contributed by atoms with Crippen LogP contribution in [0.3, 0.4) is 0 Å². The highest BCUT2D eigenvalue weighted by Gasteiger charge is 2.25. The van der Waals surface area contributed by atoms with Gasteiger partial charge in [0.15, 0.2) is 0 Å². The molecular weight excluding hydrogens is 282 g/mol. The largest absolute Gasteiger partial charge is 0.356 e. The van der Waals surface area contributed by atoms with Gasteiger partial charge < -0.3 is 5.32 Å². The Bertz CT molecular complexity index is 635. The summed E-state index contributed by atoms with van der Waals surface area (Å²) in [5, 5.41) is 3.14. The minimum atomic E-state index is 0.0501. The molecule has 3 rings (SSSR count). The second-order valence-electron chi connectivity index (χ2n) is 6.38. The van der Waals surface area contributed by atoms with Gasteiger partial charge in [-0.1, -0.05) is 54.6 Å². The fourth-order valence-electron chi connectivity index (χ4n) is 3.46. The molecule has 1 aliphatic carbocycles. The molecule has 0 radical (unpaired) electrons. The summed E-state index contributed by atoms with van der Waals surface area (Å²) < 4.78 is 0. The molecule has 1 atom stereocenters. The topological polar surface area (TPSA) is 29.1 Å². The summed E-state index contributed by atoms with van der Waals surface area (Å²) in [6, 6.07) is 18.9. The molecule has 0 saturated carbocycles. The third-order valence-electron chi connectivity index (χ3n) is 4.72. The van der Waals surface area contributed by atoms with Gasteiger partial charge in [-0.05, 0) is 55.2 Å². The Morgan fingerprint density at radius 1 is 1.00 bits per heavy atom. The van der Waals surface area contributed by atoms with Crippen molar-refractivity contribution in [1.82, 2.24) is 5.32 Å². The maximum absolute atomic E-state index is 12.5. The normalized spacial score (nSPS) is 16.6. The molecule has 0 heterocycles. The van der Waals surface area contributed by atoms with Crippen molar-refractivity contribution in [1.29, 1.82) is 0 Å². The minimum absolute atomic E-state index is 0.0501. The van der Waals surface area contributed by atoms with Crippen LogP contribution < -0.4 is 5.32 Å². The van der Waals surface area contributed by atoms with Crippen LogP contribution in [-0.2, 0) is 17.6 Å². The van der Waals surface area contributed by atoms with E-state index in [4.69, 9.17) is 0 Å². The zero-order valence-electron chi connectivity index (χ0n) is 13.6. The predicted octanol–water partition coefficient (Wildman–Crippen LogP) is 4.25. The maximum Gasteiger partial charge on any atom is 0.227 e. The fourth-order valence-corrected chi connectivity index (χ4v) is 3.46. The number of rotatable bonds is 6. The summed E-state index contributed by atoms with van der Waals surface area (Å²) in [4.78, 5) is 12.5. The Hall–Kier alpha value is -2.09. The van der Waals surface area contributed by atoms with Crippen LogP contribution >= 0.6 is 0 Å². The van der Waals surface area contributed by atoms with Crippen molar-refractivity contribution < 1.29 is 4.79 Å². The molecule has 2 aromatic rings. The van der Waals surface area contributed by atoms with Gasteiger partial charge >= 0.3 is 0 Å². The number of amides is 1. The van der Waals surface area contributed by atoms with Gasteiger partial charge in [0.2, 0.25) is 5.91 Å². The molecule has 2 nitrogen and oxygen atoms in total. The van der Waals surface area contributed by atoms with Crippen LogP contribution in [0.15, 0.2) is 54.6 Å². The van der Waals surface area contributed by atoms with Gasteiger partial charge in [-0.3, -0.25) is 4.79 Å². The highest BCUT2D eigenvalue weighted by atomic mass is 16.1. The lowest BCUT2D eigenvalue weighted by Gasteiger charge is -2.24. The molecule has 1 aliphatic rings. The summed E-state index contributed by atoms with van der Waals surface area (Å²) in [5.41, 5.74) is 3.96. The van der Waals surface area contributed by atoms with Gasteiger partial charge in [0.05, 0.1) is 5.92 Å². The Morgan fingerprint density at radius 3 is 2.65 bits per heavy atom. The molecule has 0 aromatic heterocycles. The van der Waals surface area contributed by atoms with E-state index in [9.17, 15) is 4.79 Å². The molecule has 2 heteroatoms. The van der Waals surface area contributed by atoms with Gasteiger partial charge in [0.1, 0.15) is 0 Å². The number of fused-ring (bicyclic) bond motifs is 1. The second kappa shape index (κ2) is 7.96. The van der Waals surface area contributed by atoms with Crippen molar-refractivity contribution in [3.8, 4) is 0 Å². The van der Waals surface area contributed by atoms with Crippen molar-refractivity contribution in [2.24, 2.45) is 0 Å². The van der Waals surface area contributed by atoms with Gasteiger partial charge in [0.25, 0.3) is 0 Å². The number of hydrogen-bond acceptors (Lipinski definition) is 1. The van der Waals surface area contributed by atoms with Crippen LogP contribution in [0.5, 0.6) is 0 Å². The van der Waals surface area contributed by atoms with Crippen LogP contribution in [0.25, 0.3) is 0 Å². The molecule has 0 saturated heterocycles. The Morgan fingerprint density at radius 2 is 1.78 bits per heavy atom. The average Bonchev–Trinajstić information content (AvgIpc) is 2.61. The lowest BCUT2D eigenvalue weighted by Crippen LogP contribution is -2.32. The molecule has 0 bridgehead atoms. The summed E-state index contributed by atoms with van der Waals surface area (Å²) in [7, 11) is 0. The number of hydrogen-bond donors (Lipinski definition) is 1. The summed E-state index contributed by atoms with van der Waals surface area (Å²) in [5.74, 6) is 0.255. The van der Waals surface area contributed by atoms with Crippen molar-refractivity contribution in [2.75, 3.05) is 6.54 Å². The lowest BCUT2D eigenvalue weighted by molar-refractivity contribution is -0.122. The summed E-state index contributed by atoms with van der Waals surface area (Å²) >= 11 is 0. The highest BCUT2D eigenvalue weighted by Crippen LogP contribution is 2.31. The number of unbranched alkanes of at least 4 members (excludes halogenated alkanes) is 1. The van der Waals surface area contributed by atoms with E-state index in [0.717, 1.165) is 45.1 Å². The predicted molar refractivity (Wildman–Crippen MR) is 94.5 cm³/mol. The van der Waals surface area contributed by atoms with E-state index in [-0.39, 0.29) is 11.8 Å². The van der Waals surface area contributed by atoms with Crippen LogP contribution in [0.4, 0.5) is 0 Å². The quantitative estimate of drug-likeness (QED) is 0.794. The van der Waals surface area contributed by atoms with Crippen LogP contribution in [0.1, 0.15) is 48.3 Å². The number of nitrogens with one attached hydrogen (secondary N) is 1. The molecule has 0 fully saturated rings. The number of carbonyl (C=O) groups is 1. The zero-order chi connectivity index (χ0) is 15.9. The standard InChI is InChI=1S/C21H25NO/c23-21(20-15-8-13-18-12-4-5-14-19(18)20)22-16-7-6-11-17-9-2-1-3-10-17/h1-5,9-10,12,14,20H,6-8,11,13,15-16H2,(H,22,23)/t20-/m1/s1. The molecule has 1 amide bonds. The van der Waals surface area contributed by atoms with E-state index >= 15 is 0 Å². The van der Waals surface area contributed by atoms with E-state index < -0.39 is 0 Å². The van der Waals surface area contributed by atoms with E-state index in [1.54, 1.807) is 0 Å². The van der Waals surface area contributed by atoms with Gasteiger partial charge in [-0.25, -0.2) is 0 Å². The van der Waals surface area contributed by atoms with E-state index in [1.165, 1.54) is 16.7 Å². The molecule has 120 valence electrons. The lowest BCUT2D eigenvalue weighted by atomic mass is 9.82. The molecule has 23 heavy (non-hydrogen) atoms. The first kappa shape index (κ1) is 15.8. The van der Waals surface area contributed by atoms with Gasteiger partial charge in [-0.15, -0.1) is 0 Å². The molecule has 0 unspecified atom stereocenters. The first-order chi connectivity index (χ1) is 11.3. The minimum Gasteiger partial charge on any atom is -0.356 e. The highest BCUT2D eigenvalue weighted by molar-refractivity contribution is 5.84. The monoisotopic (exact) mass is 307 g/mol. The van der Waals surface area contributed by atoms with Gasteiger partial charge in [0, 0.05) is 6.54 Å². The summed E-state index contributed by atoms with van der Waals surface area (Å²) in [6.45, 7) is 0.782. The Kier molecular flexibility index (Phi) is 5.46. The summed E-state index contributed by atoms with van der Waals surface area (Å²) in [6.07, 6.45) is 6.44. The van der Waals surface area contributed by atoms with Crippen molar-refractivity contribution in [3.63, 3.8) is 0 Å². The third-order valence-corrected chi connectivity index (χ3v) is 4.72. The number of carbonyl (C=O) groups excluding carboxylic acids is 1. The average molecular weight is 307 g/mol. The SMILES string of the molecule is O=C(NCCCCc1ccccc1)[C@@H]1CCCc2ccccc21. The van der Waals surface area contributed by atoms with Crippen molar-refractivity contribution in [3.05, 3.63) is 71.3 Å². The molecular formula is C21H25NO. The molecule has 0 spiro atoms. The van der Waals surface area contributed by atoms with E-state index in [1.807, 2.05) is 12.1 Å². The van der Waals surface area contributed by atoms with Crippen LogP contribution in [-0.4, -0.2) is 12.5 Å². The van der Waals surface area contributed by atoms with E-state index in [2.05, 4.69) is 47.8 Å². The second-order valence-corrected chi connectivity index (χ2v) is 6.38. The number of benzene rings is 2. The van der Waals surface area contributed by atoms with Gasteiger partial charge in [-0.2, -0.15) is 0 Å². The molecule has 2 aromatic carbocycles.